The maximum Gasteiger partial charge on any atom is 0.275 e. The van der Waals surface area contributed by atoms with E-state index in [1.165, 1.54) is 23.6 Å². The van der Waals surface area contributed by atoms with Crippen molar-refractivity contribution in [2.24, 2.45) is 23.7 Å². The van der Waals surface area contributed by atoms with Crippen molar-refractivity contribution in [2.75, 3.05) is 6.54 Å². The van der Waals surface area contributed by atoms with E-state index in [2.05, 4.69) is 5.43 Å². The molecule has 0 aliphatic rings. The first kappa shape index (κ1) is 26.9. The number of hydrazine groups is 1. The predicted octanol–water partition coefficient (Wildman–Crippen LogP) is 4.30. The Kier molecular flexibility index (Phi) is 10.5. The SMILES string of the molecule is CC(C)C[C@@H](C(=O)NN(CC(C)C)C(=O)c1ccoc1)[C@H](C/C=C/c1ccccc1)C(=O)NO. The van der Waals surface area contributed by atoms with E-state index in [4.69, 9.17) is 4.42 Å². The summed E-state index contributed by atoms with van der Waals surface area (Å²) < 4.78 is 5.01. The molecule has 8 heteroatoms. The number of nitrogens with one attached hydrogen (secondary N) is 2. The lowest BCUT2D eigenvalue weighted by molar-refractivity contribution is -0.142. The second kappa shape index (κ2) is 13.3. The molecule has 0 aliphatic heterocycles. The molecule has 0 unspecified atom stereocenters. The van der Waals surface area contributed by atoms with E-state index in [1.54, 1.807) is 5.48 Å². The lowest BCUT2D eigenvalue weighted by Crippen LogP contribution is -2.52. The molecule has 1 aromatic carbocycles. The zero-order valence-corrected chi connectivity index (χ0v) is 20.2. The summed E-state index contributed by atoms with van der Waals surface area (Å²) in [6, 6.07) is 11.1. The predicted molar refractivity (Wildman–Crippen MR) is 129 cm³/mol. The van der Waals surface area contributed by atoms with Crippen LogP contribution in [0, 0.1) is 23.7 Å². The highest BCUT2D eigenvalue weighted by atomic mass is 16.5. The number of hydrogen-bond donors (Lipinski definition) is 3. The number of benzene rings is 1. The Hall–Kier alpha value is -3.39. The average molecular weight is 470 g/mol. The van der Waals surface area contributed by atoms with Gasteiger partial charge in [-0.3, -0.25) is 25.0 Å². The van der Waals surface area contributed by atoms with E-state index in [0.29, 0.717) is 12.0 Å². The molecule has 2 aromatic rings. The van der Waals surface area contributed by atoms with Crippen molar-refractivity contribution in [3.63, 3.8) is 0 Å². The molecule has 8 nitrogen and oxygen atoms in total. The molecule has 0 radical (unpaired) electrons. The van der Waals surface area contributed by atoms with E-state index >= 15 is 0 Å². The minimum atomic E-state index is -0.822. The van der Waals surface area contributed by atoms with Crippen LogP contribution in [0.2, 0.25) is 0 Å². The monoisotopic (exact) mass is 469 g/mol. The van der Waals surface area contributed by atoms with Crippen LogP contribution >= 0.6 is 0 Å². The van der Waals surface area contributed by atoms with Gasteiger partial charge in [0, 0.05) is 6.54 Å². The molecule has 184 valence electrons. The van der Waals surface area contributed by atoms with Crippen molar-refractivity contribution >= 4 is 23.8 Å². The summed E-state index contributed by atoms with van der Waals surface area (Å²) in [6.07, 6.45) is 7.05. The zero-order chi connectivity index (χ0) is 25.1. The highest BCUT2D eigenvalue weighted by Crippen LogP contribution is 2.26. The van der Waals surface area contributed by atoms with Gasteiger partial charge in [0.15, 0.2) is 0 Å². The maximum absolute atomic E-state index is 13.4. The van der Waals surface area contributed by atoms with Crippen molar-refractivity contribution in [1.82, 2.24) is 15.9 Å². The Balaban J connectivity index is 2.27. The average Bonchev–Trinajstić information content (AvgIpc) is 3.34. The van der Waals surface area contributed by atoms with Gasteiger partial charge in [-0.1, -0.05) is 70.2 Å². The number of amides is 3. The summed E-state index contributed by atoms with van der Waals surface area (Å²) in [4.78, 5) is 39.0. The number of carbonyl (C=O) groups excluding carboxylic acids is 3. The quantitative estimate of drug-likeness (QED) is 0.336. The molecule has 2 atom stereocenters. The Labute approximate surface area is 200 Å². The molecule has 0 bridgehead atoms. The molecule has 34 heavy (non-hydrogen) atoms. The molecular weight excluding hydrogens is 434 g/mol. The van der Waals surface area contributed by atoms with E-state index in [0.717, 1.165) is 5.56 Å². The van der Waals surface area contributed by atoms with Crippen LogP contribution in [0.15, 0.2) is 59.4 Å². The van der Waals surface area contributed by atoms with Crippen LogP contribution in [-0.2, 0) is 9.59 Å². The van der Waals surface area contributed by atoms with Crippen LogP contribution in [0.4, 0.5) is 0 Å². The number of carbonyl (C=O) groups is 3. The fourth-order valence-corrected chi connectivity index (χ4v) is 3.72. The Morgan fingerprint density at radius 1 is 1.00 bits per heavy atom. The second-order valence-corrected chi connectivity index (χ2v) is 9.17. The Morgan fingerprint density at radius 3 is 2.26 bits per heavy atom. The van der Waals surface area contributed by atoms with Gasteiger partial charge in [-0.05, 0) is 36.3 Å². The van der Waals surface area contributed by atoms with Crippen molar-refractivity contribution < 1.29 is 24.0 Å². The van der Waals surface area contributed by atoms with Gasteiger partial charge in [0.1, 0.15) is 6.26 Å². The largest absolute Gasteiger partial charge is 0.472 e. The molecule has 0 saturated heterocycles. The lowest BCUT2D eigenvalue weighted by Gasteiger charge is -2.30. The standard InChI is InChI=1S/C26H35N3O5/c1-18(2)15-23(22(25(31)28-33)12-8-11-20-9-6-5-7-10-20)24(30)27-29(16-19(3)4)26(32)21-13-14-34-17-21/h5-11,13-14,17-19,22-23,33H,12,15-16H2,1-4H3,(H,27,30)(H,28,31)/b11-8+/t22-,23+/m0/s1. The van der Waals surface area contributed by atoms with Gasteiger partial charge in [-0.2, -0.15) is 0 Å². The summed E-state index contributed by atoms with van der Waals surface area (Å²) in [7, 11) is 0. The van der Waals surface area contributed by atoms with Gasteiger partial charge in [-0.15, -0.1) is 0 Å². The third-order valence-electron chi connectivity index (χ3n) is 5.30. The van der Waals surface area contributed by atoms with E-state index < -0.39 is 29.6 Å². The minimum absolute atomic E-state index is 0.0880. The van der Waals surface area contributed by atoms with E-state index in [9.17, 15) is 19.6 Å². The lowest BCUT2D eigenvalue weighted by atomic mass is 9.82. The van der Waals surface area contributed by atoms with Crippen LogP contribution in [-0.4, -0.2) is 34.5 Å². The van der Waals surface area contributed by atoms with Gasteiger partial charge in [0.25, 0.3) is 5.91 Å². The number of nitrogens with zero attached hydrogens (tertiary/aromatic N) is 1. The van der Waals surface area contributed by atoms with Crippen LogP contribution in [0.25, 0.3) is 6.08 Å². The number of hydroxylamine groups is 1. The molecule has 0 aliphatic carbocycles. The molecule has 0 fully saturated rings. The molecule has 3 amide bonds. The first-order chi connectivity index (χ1) is 16.2. The third-order valence-corrected chi connectivity index (χ3v) is 5.30. The molecule has 3 N–H and O–H groups in total. The highest BCUT2D eigenvalue weighted by Gasteiger charge is 2.35. The normalized spacial score (nSPS) is 13.1. The molecule has 2 rings (SSSR count). The molecule has 1 heterocycles. The van der Waals surface area contributed by atoms with Gasteiger partial charge in [-0.25, -0.2) is 10.5 Å². The summed E-state index contributed by atoms with van der Waals surface area (Å²) >= 11 is 0. The summed E-state index contributed by atoms with van der Waals surface area (Å²) in [5, 5.41) is 10.6. The first-order valence-electron chi connectivity index (χ1n) is 11.5. The van der Waals surface area contributed by atoms with Gasteiger partial charge in [0.2, 0.25) is 11.8 Å². The Bertz CT molecular complexity index is 939. The molecular formula is C26H35N3O5. The van der Waals surface area contributed by atoms with Crippen LogP contribution in [0.5, 0.6) is 0 Å². The number of allylic oxidation sites excluding steroid dienone is 1. The van der Waals surface area contributed by atoms with E-state index in [1.807, 2.05) is 70.2 Å². The van der Waals surface area contributed by atoms with Gasteiger partial charge >= 0.3 is 0 Å². The summed E-state index contributed by atoms with van der Waals surface area (Å²) in [6.45, 7) is 8.07. The fourth-order valence-electron chi connectivity index (χ4n) is 3.72. The summed E-state index contributed by atoms with van der Waals surface area (Å²) in [5.41, 5.74) is 5.71. The molecule has 1 aromatic heterocycles. The topological polar surface area (TPSA) is 112 Å². The van der Waals surface area contributed by atoms with Gasteiger partial charge in [0.05, 0.1) is 23.7 Å². The minimum Gasteiger partial charge on any atom is -0.472 e. The maximum atomic E-state index is 13.4. The van der Waals surface area contributed by atoms with Crippen molar-refractivity contribution in [3.05, 3.63) is 66.1 Å². The van der Waals surface area contributed by atoms with Crippen molar-refractivity contribution in [1.29, 1.82) is 0 Å². The van der Waals surface area contributed by atoms with Crippen LogP contribution in [0.3, 0.4) is 0 Å². The Morgan fingerprint density at radius 2 is 1.71 bits per heavy atom. The smallest absolute Gasteiger partial charge is 0.275 e. The molecule has 0 spiro atoms. The highest BCUT2D eigenvalue weighted by molar-refractivity contribution is 5.96. The second-order valence-electron chi connectivity index (χ2n) is 9.17. The number of furan rings is 1. The molecule has 0 saturated carbocycles. The number of rotatable bonds is 11. The fraction of sp³-hybridized carbons (Fsp3) is 0.423. The van der Waals surface area contributed by atoms with E-state index in [-0.39, 0.29) is 24.8 Å². The van der Waals surface area contributed by atoms with Crippen LogP contribution < -0.4 is 10.9 Å². The third kappa shape index (κ3) is 8.19. The summed E-state index contributed by atoms with van der Waals surface area (Å²) in [5.74, 6) is -2.89. The number of hydrogen-bond acceptors (Lipinski definition) is 5. The first-order valence-corrected chi connectivity index (χ1v) is 11.5. The van der Waals surface area contributed by atoms with Crippen LogP contribution in [0.1, 0.15) is 56.5 Å². The van der Waals surface area contributed by atoms with Gasteiger partial charge < -0.3 is 4.42 Å². The van der Waals surface area contributed by atoms with Crippen molar-refractivity contribution in [2.45, 2.75) is 40.5 Å². The van der Waals surface area contributed by atoms with Crippen molar-refractivity contribution in [3.8, 4) is 0 Å². The zero-order valence-electron chi connectivity index (χ0n) is 20.2.